The Morgan fingerprint density at radius 2 is 1.56 bits per heavy atom. The lowest BCUT2D eigenvalue weighted by atomic mass is 10.1. The van der Waals surface area contributed by atoms with Crippen molar-refractivity contribution < 1.29 is 28.7 Å². The molecular formula is C19H15FN2O5. The summed E-state index contributed by atoms with van der Waals surface area (Å²) in [7, 11) is 0. The second-order valence-corrected chi connectivity index (χ2v) is 6.03. The van der Waals surface area contributed by atoms with Gasteiger partial charge in [-0.1, -0.05) is 24.3 Å². The molecule has 0 radical (unpaired) electrons. The summed E-state index contributed by atoms with van der Waals surface area (Å²) in [5.74, 6) is -3.72. The molecule has 2 N–H and O–H groups in total. The predicted octanol–water partition coefficient (Wildman–Crippen LogP) is 1.23. The van der Waals surface area contributed by atoms with Crippen LogP contribution in [0.5, 0.6) is 0 Å². The van der Waals surface area contributed by atoms with Gasteiger partial charge in [0.15, 0.2) is 0 Å². The van der Waals surface area contributed by atoms with Gasteiger partial charge in [0.2, 0.25) is 5.91 Å². The number of amides is 3. The van der Waals surface area contributed by atoms with E-state index in [0.29, 0.717) is 5.56 Å². The van der Waals surface area contributed by atoms with Crippen molar-refractivity contribution in [1.82, 2.24) is 10.2 Å². The lowest BCUT2D eigenvalue weighted by molar-refractivity contribution is -0.141. The van der Waals surface area contributed by atoms with Gasteiger partial charge in [0, 0.05) is 6.42 Å². The summed E-state index contributed by atoms with van der Waals surface area (Å²) in [6.07, 6.45) is -0.0660. The minimum atomic E-state index is -1.28. The Balaban J connectivity index is 1.67. The molecule has 138 valence electrons. The van der Waals surface area contributed by atoms with Gasteiger partial charge in [0.1, 0.15) is 18.4 Å². The van der Waals surface area contributed by atoms with E-state index in [-0.39, 0.29) is 17.5 Å². The van der Waals surface area contributed by atoms with Crippen LogP contribution in [0.2, 0.25) is 0 Å². The van der Waals surface area contributed by atoms with Gasteiger partial charge in [-0.2, -0.15) is 0 Å². The molecule has 7 nitrogen and oxygen atoms in total. The Hall–Kier alpha value is -3.55. The second-order valence-electron chi connectivity index (χ2n) is 6.03. The number of nitrogens with zero attached hydrogens (tertiary/aromatic N) is 1. The number of hydrogen-bond donors (Lipinski definition) is 2. The molecular weight excluding hydrogens is 355 g/mol. The molecule has 2 aromatic carbocycles. The molecule has 1 atom stereocenters. The van der Waals surface area contributed by atoms with E-state index in [1.807, 2.05) is 0 Å². The Morgan fingerprint density at radius 1 is 1.00 bits per heavy atom. The first kappa shape index (κ1) is 18.2. The third-order valence-corrected chi connectivity index (χ3v) is 4.17. The van der Waals surface area contributed by atoms with Crippen LogP contribution in [-0.4, -0.2) is 46.3 Å². The highest BCUT2D eigenvalue weighted by Crippen LogP contribution is 2.21. The standard InChI is InChI=1S/C19H15FN2O5/c20-12-7-5-11(6-8-12)9-15(19(26)27)21-16(23)10-22-17(24)13-3-1-2-4-14(13)18(22)25/h1-8,15H,9-10H2,(H,21,23)(H,26,27). The highest BCUT2D eigenvalue weighted by molar-refractivity contribution is 6.22. The smallest absolute Gasteiger partial charge is 0.326 e. The van der Waals surface area contributed by atoms with Crippen molar-refractivity contribution in [3.8, 4) is 0 Å². The fraction of sp³-hybridized carbons (Fsp3) is 0.158. The molecule has 2 aromatic rings. The molecule has 0 saturated carbocycles. The van der Waals surface area contributed by atoms with Crippen molar-refractivity contribution in [1.29, 1.82) is 0 Å². The van der Waals surface area contributed by atoms with Gasteiger partial charge in [-0.25, -0.2) is 9.18 Å². The van der Waals surface area contributed by atoms with Gasteiger partial charge in [0.05, 0.1) is 11.1 Å². The maximum absolute atomic E-state index is 13.0. The number of nitrogens with one attached hydrogen (secondary N) is 1. The molecule has 1 heterocycles. The molecule has 0 aromatic heterocycles. The SMILES string of the molecule is O=C(CN1C(=O)c2ccccc2C1=O)NC(Cc1ccc(F)cc1)C(=O)O. The number of carboxylic acids is 1. The highest BCUT2D eigenvalue weighted by Gasteiger charge is 2.36. The van der Waals surface area contributed by atoms with E-state index in [0.717, 1.165) is 4.90 Å². The Labute approximate surface area is 153 Å². The first-order chi connectivity index (χ1) is 12.9. The number of hydrogen-bond acceptors (Lipinski definition) is 4. The zero-order chi connectivity index (χ0) is 19.6. The van der Waals surface area contributed by atoms with Crippen molar-refractivity contribution in [2.24, 2.45) is 0 Å². The van der Waals surface area contributed by atoms with Crippen LogP contribution < -0.4 is 5.32 Å². The van der Waals surface area contributed by atoms with Crippen molar-refractivity contribution in [3.63, 3.8) is 0 Å². The van der Waals surface area contributed by atoms with Crippen LogP contribution in [0.25, 0.3) is 0 Å². The van der Waals surface area contributed by atoms with E-state index in [4.69, 9.17) is 0 Å². The summed E-state index contributed by atoms with van der Waals surface area (Å²) in [4.78, 5) is 48.9. The average Bonchev–Trinajstić information content (AvgIpc) is 2.88. The molecule has 0 bridgehead atoms. The first-order valence-corrected chi connectivity index (χ1v) is 8.08. The molecule has 0 aliphatic carbocycles. The molecule has 1 aliphatic heterocycles. The van der Waals surface area contributed by atoms with E-state index in [1.165, 1.54) is 36.4 Å². The third-order valence-electron chi connectivity index (χ3n) is 4.17. The van der Waals surface area contributed by atoms with E-state index in [1.54, 1.807) is 12.1 Å². The summed E-state index contributed by atoms with van der Waals surface area (Å²) in [6.45, 7) is -0.584. The number of rotatable bonds is 6. The summed E-state index contributed by atoms with van der Waals surface area (Å²) < 4.78 is 13.0. The number of aliphatic carboxylic acids is 1. The number of carboxylic acid groups (broad SMARTS) is 1. The minimum absolute atomic E-state index is 0.0660. The van der Waals surface area contributed by atoms with Crippen LogP contribution in [0.15, 0.2) is 48.5 Å². The minimum Gasteiger partial charge on any atom is -0.480 e. The molecule has 0 saturated heterocycles. The largest absolute Gasteiger partial charge is 0.480 e. The molecule has 8 heteroatoms. The van der Waals surface area contributed by atoms with Crippen molar-refractivity contribution in [2.75, 3.05) is 6.54 Å². The topological polar surface area (TPSA) is 104 Å². The van der Waals surface area contributed by atoms with E-state index >= 15 is 0 Å². The number of imide groups is 1. The summed E-state index contributed by atoms with van der Waals surface area (Å²) in [5.41, 5.74) is 0.928. The van der Waals surface area contributed by atoms with Crippen LogP contribution in [-0.2, 0) is 16.0 Å². The molecule has 3 amide bonds. The molecule has 1 aliphatic rings. The fourth-order valence-electron chi connectivity index (χ4n) is 2.82. The normalized spacial score (nSPS) is 14.0. The van der Waals surface area contributed by atoms with Gasteiger partial charge >= 0.3 is 5.97 Å². The van der Waals surface area contributed by atoms with Crippen LogP contribution in [0.3, 0.4) is 0 Å². The summed E-state index contributed by atoms with van der Waals surface area (Å²) in [6, 6.07) is 10.1. The number of carbonyl (C=O) groups is 4. The lowest BCUT2D eigenvalue weighted by Gasteiger charge is -2.18. The second kappa shape index (κ2) is 7.36. The van der Waals surface area contributed by atoms with Crippen molar-refractivity contribution in [3.05, 3.63) is 71.0 Å². The summed E-state index contributed by atoms with van der Waals surface area (Å²) in [5, 5.41) is 11.6. The van der Waals surface area contributed by atoms with E-state index < -0.39 is 42.1 Å². The van der Waals surface area contributed by atoms with Crippen molar-refractivity contribution >= 4 is 23.7 Å². The monoisotopic (exact) mass is 370 g/mol. The Kier molecular flexibility index (Phi) is 4.98. The molecule has 0 fully saturated rings. The van der Waals surface area contributed by atoms with Gasteiger partial charge < -0.3 is 10.4 Å². The number of benzene rings is 2. The third kappa shape index (κ3) is 3.84. The van der Waals surface area contributed by atoms with E-state index in [9.17, 15) is 28.7 Å². The van der Waals surface area contributed by atoms with Gasteiger partial charge in [-0.05, 0) is 29.8 Å². The first-order valence-electron chi connectivity index (χ1n) is 8.08. The van der Waals surface area contributed by atoms with Crippen LogP contribution in [0, 0.1) is 5.82 Å². The molecule has 1 unspecified atom stereocenters. The van der Waals surface area contributed by atoms with E-state index in [2.05, 4.69) is 5.32 Å². The van der Waals surface area contributed by atoms with Crippen LogP contribution in [0.1, 0.15) is 26.3 Å². The molecule has 0 spiro atoms. The summed E-state index contributed by atoms with van der Waals surface area (Å²) >= 11 is 0. The van der Waals surface area contributed by atoms with Gasteiger partial charge in [-0.15, -0.1) is 0 Å². The zero-order valence-electron chi connectivity index (χ0n) is 14.0. The van der Waals surface area contributed by atoms with Crippen molar-refractivity contribution in [2.45, 2.75) is 12.5 Å². The lowest BCUT2D eigenvalue weighted by Crippen LogP contribution is -2.47. The van der Waals surface area contributed by atoms with Gasteiger partial charge in [-0.3, -0.25) is 19.3 Å². The number of halogens is 1. The van der Waals surface area contributed by atoms with Gasteiger partial charge in [0.25, 0.3) is 11.8 Å². The molecule has 3 rings (SSSR count). The average molecular weight is 370 g/mol. The highest BCUT2D eigenvalue weighted by atomic mass is 19.1. The molecule has 27 heavy (non-hydrogen) atoms. The maximum Gasteiger partial charge on any atom is 0.326 e. The Bertz CT molecular complexity index is 891. The number of fused-ring (bicyclic) bond motifs is 1. The van der Waals surface area contributed by atoms with Crippen LogP contribution in [0.4, 0.5) is 4.39 Å². The van der Waals surface area contributed by atoms with Crippen LogP contribution >= 0.6 is 0 Å². The quantitative estimate of drug-likeness (QED) is 0.745. The maximum atomic E-state index is 13.0. The number of carbonyl (C=O) groups excluding carboxylic acids is 3. The fourth-order valence-corrected chi connectivity index (χ4v) is 2.82. The zero-order valence-corrected chi connectivity index (χ0v) is 14.0. The Morgan fingerprint density at radius 3 is 2.07 bits per heavy atom. The predicted molar refractivity (Wildman–Crippen MR) is 91.5 cm³/mol.